The van der Waals surface area contributed by atoms with Gasteiger partial charge in [0.1, 0.15) is 0 Å². The Morgan fingerprint density at radius 1 is 1.33 bits per heavy atom. The zero-order chi connectivity index (χ0) is 13.3. The Hall–Kier alpha value is -0.960. The number of carbonyl (C=O) groups excluding carboxylic acids is 1. The molecule has 1 N–H and O–H groups in total. The maximum Gasteiger partial charge on any atom is 0.251 e. The largest absolute Gasteiger partial charge is 0.349 e. The van der Waals surface area contributed by atoms with Crippen LogP contribution in [-0.2, 0) is 0 Å². The second-order valence-electron chi connectivity index (χ2n) is 5.49. The highest BCUT2D eigenvalue weighted by atomic mass is 32.1. The number of rotatable bonds is 2. The Kier molecular flexibility index (Phi) is 4.00. The van der Waals surface area contributed by atoms with E-state index in [9.17, 15) is 4.79 Å². The molecule has 0 aliphatic heterocycles. The van der Waals surface area contributed by atoms with Gasteiger partial charge in [-0.3, -0.25) is 4.79 Å². The molecular formula is C15H21NOS. The second kappa shape index (κ2) is 5.35. The van der Waals surface area contributed by atoms with Gasteiger partial charge in [0.15, 0.2) is 0 Å². The lowest BCUT2D eigenvalue weighted by atomic mass is 9.97. The lowest BCUT2D eigenvalue weighted by Crippen LogP contribution is -2.37. The Bertz CT molecular complexity index is 458. The van der Waals surface area contributed by atoms with E-state index in [1.165, 1.54) is 6.42 Å². The van der Waals surface area contributed by atoms with Crippen LogP contribution in [0.25, 0.3) is 0 Å². The molecule has 1 amide bonds. The number of carbonyl (C=O) groups is 1. The normalized spacial score (nSPS) is 27.2. The summed E-state index contributed by atoms with van der Waals surface area (Å²) in [4.78, 5) is 13.1. The van der Waals surface area contributed by atoms with Crippen molar-refractivity contribution in [3.8, 4) is 0 Å². The Balaban J connectivity index is 2.10. The quantitative estimate of drug-likeness (QED) is 0.786. The van der Waals surface area contributed by atoms with Crippen molar-refractivity contribution < 1.29 is 4.79 Å². The summed E-state index contributed by atoms with van der Waals surface area (Å²) in [5, 5.41) is 3.17. The van der Waals surface area contributed by atoms with Crippen LogP contribution in [0, 0.1) is 18.8 Å². The topological polar surface area (TPSA) is 29.1 Å². The van der Waals surface area contributed by atoms with Crippen molar-refractivity contribution in [2.45, 2.75) is 44.6 Å². The molecule has 0 bridgehead atoms. The van der Waals surface area contributed by atoms with Crippen molar-refractivity contribution in [2.24, 2.45) is 11.8 Å². The molecule has 98 valence electrons. The van der Waals surface area contributed by atoms with Gasteiger partial charge in [-0.05, 0) is 49.3 Å². The minimum absolute atomic E-state index is 0.0364. The molecule has 1 aliphatic rings. The average molecular weight is 263 g/mol. The summed E-state index contributed by atoms with van der Waals surface area (Å²) < 4.78 is 0. The van der Waals surface area contributed by atoms with Gasteiger partial charge < -0.3 is 5.32 Å². The molecule has 3 unspecified atom stereocenters. The molecule has 2 nitrogen and oxygen atoms in total. The van der Waals surface area contributed by atoms with E-state index in [0.717, 1.165) is 22.4 Å². The molecule has 0 spiro atoms. The van der Waals surface area contributed by atoms with E-state index >= 15 is 0 Å². The van der Waals surface area contributed by atoms with Gasteiger partial charge in [0.05, 0.1) is 0 Å². The van der Waals surface area contributed by atoms with Crippen LogP contribution in [0.15, 0.2) is 23.1 Å². The fourth-order valence-electron chi connectivity index (χ4n) is 2.67. The molecule has 0 aromatic heterocycles. The monoisotopic (exact) mass is 263 g/mol. The summed E-state index contributed by atoms with van der Waals surface area (Å²) in [7, 11) is 0. The first-order valence-electron chi connectivity index (χ1n) is 6.59. The van der Waals surface area contributed by atoms with Crippen molar-refractivity contribution in [1.82, 2.24) is 5.32 Å². The van der Waals surface area contributed by atoms with Crippen LogP contribution >= 0.6 is 12.6 Å². The fraction of sp³-hybridized carbons (Fsp3) is 0.533. The van der Waals surface area contributed by atoms with Gasteiger partial charge >= 0.3 is 0 Å². The first-order chi connectivity index (χ1) is 8.49. The molecule has 3 heteroatoms. The van der Waals surface area contributed by atoms with Crippen LogP contribution in [0.1, 0.15) is 42.6 Å². The molecule has 1 aliphatic carbocycles. The van der Waals surface area contributed by atoms with E-state index in [0.29, 0.717) is 17.9 Å². The summed E-state index contributed by atoms with van der Waals surface area (Å²) in [6, 6.07) is 6.01. The van der Waals surface area contributed by atoms with Crippen LogP contribution < -0.4 is 5.32 Å². The van der Waals surface area contributed by atoms with Crippen molar-refractivity contribution in [3.05, 3.63) is 29.3 Å². The number of amides is 1. The fourth-order valence-corrected chi connectivity index (χ4v) is 2.87. The number of hydrogen-bond donors (Lipinski definition) is 2. The van der Waals surface area contributed by atoms with Gasteiger partial charge in [0.2, 0.25) is 0 Å². The van der Waals surface area contributed by atoms with Gasteiger partial charge in [-0.1, -0.05) is 19.9 Å². The van der Waals surface area contributed by atoms with Crippen LogP contribution in [0.3, 0.4) is 0 Å². The lowest BCUT2D eigenvalue weighted by Gasteiger charge is -2.20. The summed E-state index contributed by atoms with van der Waals surface area (Å²) in [5.41, 5.74) is 1.75. The van der Waals surface area contributed by atoms with E-state index in [1.807, 2.05) is 25.1 Å². The Morgan fingerprint density at radius 2 is 2.06 bits per heavy atom. The lowest BCUT2D eigenvalue weighted by molar-refractivity contribution is 0.0926. The molecule has 1 aromatic carbocycles. The van der Waals surface area contributed by atoms with E-state index in [1.54, 1.807) is 0 Å². The number of nitrogens with one attached hydrogen (secondary N) is 1. The Labute approximate surface area is 115 Å². The average Bonchev–Trinajstić information content (AvgIpc) is 2.64. The van der Waals surface area contributed by atoms with Gasteiger partial charge in [0, 0.05) is 16.5 Å². The van der Waals surface area contributed by atoms with Crippen LogP contribution in [0.2, 0.25) is 0 Å². The summed E-state index contributed by atoms with van der Waals surface area (Å²) in [6.45, 7) is 6.45. The molecule has 1 aromatic rings. The first kappa shape index (κ1) is 13.5. The van der Waals surface area contributed by atoms with E-state index in [4.69, 9.17) is 0 Å². The molecule has 18 heavy (non-hydrogen) atoms. The minimum Gasteiger partial charge on any atom is -0.349 e. The third-order valence-corrected chi connectivity index (χ3v) is 4.53. The van der Waals surface area contributed by atoms with E-state index < -0.39 is 0 Å². The van der Waals surface area contributed by atoms with Gasteiger partial charge in [-0.25, -0.2) is 0 Å². The highest BCUT2D eigenvalue weighted by Crippen LogP contribution is 2.31. The predicted octanol–water partition coefficient (Wildman–Crippen LogP) is 3.45. The highest BCUT2D eigenvalue weighted by molar-refractivity contribution is 7.80. The molecule has 0 saturated heterocycles. The molecule has 3 atom stereocenters. The van der Waals surface area contributed by atoms with Crippen LogP contribution in [0.4, 0.5) is 0 Å². The van der Waals surface area contributed by atoms with Crippen molar-refractivity contribution >= 4 is 18.5 Å². The molecule has 0 radical (unpaired) electrons. The first-order valence-corrected chi connectivity index (χ1v) is 7.04. The second-order valence-corrected chi connectivity index (χ2v) is 6.01. The van der Waals surface area contributed by atoms with E-state index in [-0.39, 0.29) is 5.91 Å². The maximum atomic E-state index is 12.3. The minimum atomic E-state index is 0.0364. The number of thiol groups is 1. The zero-order valence-electron chi connectivity index (χ0n) is 11.2. The molecule has 2 rings (SSSR count). The van der Waals surface area contributed by atoms with Gasteiger partial charge in [-0.15, -0.1) is 12.6 Å². The van der Waals surface area contributed by atoms with Gasteiger partial charge in [-0.2, -0.15) is 0 Å². The SMILES string of the molecule is Cc1ccc(S)cc1C(=O)NC1CCC(C)C1C. The van der Waals surface area contributed by atoms with E-state index in [2.05, 4.69) is 31.8 Å². The van der Waals surface area contributed by atoms with Crippen molar-refractivity contribution in [1.29, 1.82) is 0 Å². The predicted molar refractivity (Wildman–Crippen MR) is 77.2 cm³/mol. The van der Waals surface area contributed by atoms with Crippen molar-refractivity contribution in [3.63, 3.8) is 0 Å². The third kappa shape index (κ3) is 2.72. The molecule has 1 saturated carbocycles. The van der Waals surface area contributed by atoms with Crippen molar-refractivity contribution in [2.75, 3.05) is 0 Å². The zero-order valence-corrected chi connectivity index (χ0v) is 12.1. The third-order valence-electron chi connectivity index (χ3n) is 4.25. The summed E-state index contributed by atoms with van der Waals surface area (Å²) >= 11 is 4.30. The smallest absolute Gasteiger partial charge is 0.251 e. The van der Waals surface area contributed by atoms with Gasteiger partial charge in [0.25, 0.3) is 5.91 Å². The molecule has 0 heterocycles. The highest BCUT2D eigenvalue weighted by Gasteiger charge is 2.31. The molecular weight excluding hydrogens is 242 g/mol. The standard InChI is InChI=1S/C15H21NOS/c1-9-5-7-14(11(9)3)16-15(17)13-8-12(18)6-4-10(13)2/h4,6,8-9,11,14,18H,5,7H2,1-3H3,(H,16,17). The molecule has 1 fully saturated rings. The number of benzene rings is 1. The maximum absolute atomic E-state index is 12.3. The summed E-state index contributed by atoms with van der Waals surface area (Å²) in [5.74, 6) is 1.30. The van der Waals surface area contributed by atoms with Crippen LogP contribution in [-0.4, -0.2) is 11.9 Å². The number of hydrogen-bond acceptors (Lipinski definition) is 2. The van der Waals surface area contributed by atoms with Crippen LogP contribution in [0.5, 0.6) is 0 Å². The number of aryl methyl sites for hydroxylation is 1. The summed E-state index contributed by atoms with van der Waals surface area (Å²) in [6.07, 6.45) is 2.30. The Morgan fingerprint density at radius 3 is 2.67 bits per heavy atom.